The first kappa shape index (κ1) is 16.0. The van der Waals surface area contributed by atoms with Crippen LogP contribution in [-0.2, 0) is 6.42 Å². The van der Waals surface area contributed by atoms with Crippen LogP contribution in [0.5, 0.6) is 0 Å². The number of benzene rings is 2. The maximum absolute atomic E-state index is 13.2. The fourth-order valence-electron chi connectivity index (χ4n) is 2.36. The van der Waals surface area contributed by atoms with Gasteiger partial charge in [-0.2, -0.15) is 4.98 Å². The molecule has 1 aromatic heterocycles. The lowest BCUT2D eigenvalue weighted by Gasteiger charge is -2.07. The molecule has 24 heavy (non-hydrogen) atoms. The van der Waals surface area contributed by atoms with Crippen molar-refractivity contribution in [2.75, 3.05) is 0 Å². The van der Waals surface area contributed by atoms with Crippen LogP contribution in [0.3, 0.4) is 0 Å². The predicted octanol–water partition coefficient (Wildman–Crippen LogP) is 4.08. The molecule has 0 amide bonds. The number of carbonyl (C=O) groups is 1. The molecule has 1 heterocycles. The number of halogens is 2. The van der Waals surface area contributed by atoms with E-state index in [9.17, 15) is 13.6 Å². The van der Waals surface area contributed by atoms with Gasteiger partial charge in [0.25, 0.3) is 0 Å². The molecule has 0 aliphatic rings. The molecule has 1 atom stereocenters. The number of Topliss-reactive ketones (excluding diaryl/α,β-unsaturated/α-hetero) is 1. The minimum Gasteiger partial charge on any atom is -0.339 e. The highest BCUT2D eigenvalue weighted by Crippen LogP contribution is 2.19. The van der Waals surface area contributed by atoms with Gasteiger partial charge in [0.2, 0.25) is 11.7 Å². The third-order valence-electron chi connectivity index (χ3n) is 3.59. The van der Waals surface area contributed by atoms with Gasteiger partial charge in [-0.05, 0) is 24.3 Å². The van der Waals surface area contributed by atoms with E-state index < -0.39 is 17.6 Å². The summed E-state index contributed by atoms with van der Waals surface area (Å²) < 4.78 is 31.6. The molecule has 0 spiro atoms. The highest BCUT2D eigenvalue weighted by molar-refractivity contribution is 5.97. The summed E-state index contributed by atoms with van der Waals surface area (Å²) in [5, 5.41) is 3.80. The molecule has 0 radical (unpaired) electrons. The second-order valence-electron chi connectivity index (χ2n) is 5.50. The van der Waals surface area contributed by atoms with Crippen molar-refractivity contribution in [3.05, 3.63) is 71.6 Å². The van der Waals surface area contributed by atoms with Gasteiger partial charge in [0.05, 0.1) is 0 Å². The Labute approximate surface area is 137 Å². The molecule has 4 nitrogen and oxygen atoms in total. The first-order valence-electron chi connectivity index (χ1n) is 7.41. The van der Waals surface area contributed by atoms with Crippen molar-refractivity contribution in [1.82, 2.24) is 10.1 Å². The fourth-order valence-corrected chi connectivity index (χ4v) is 2.36. The summed E-state index contributed by atoms with van der Waals surface area (Å²) in [4.78, 5) is 16.5. The van der Waals surface area contributed by atoms with Crippen LogP contribution in [0.2, 0.25) is 0 Å². The number of aromatic nitrogens is 2. The van der Waals surface area contributed by atoms with Crippen LogP contribution < -0.4 is 0 Å². The third-order valence-corrected chi connectivity index (χ3v) is 3.59. The van der Waals surface area contributed by atoms with Gasteiger partial charge < -0.3 is 4.52 Å². The van der Waals surface area contributed by atoms with Crippen molar-refractivity contribution >= 4 is 5.78 Å². The van der Waals surface area contributed by atoms with Crippen LogP contribution in [0.15, 0.2) is 53.1 Å². The Hall–Kier alpha value is -2.89. The highest BCUT2D eigenvalue weighted by Gasteiger charge is 2.20. The van der Waals surface area contributed by atoms with Gasteiger partial charge in [0, 0.05) is 23.5 Å². The molecule has 0 aliphatic carbocycles. The minimum absolute atomic E-state index is 0.208. The summed E-state index contributed by atoms with van der Waals surface area (Å²) in [5.74, 6) is -0.984. The topological polar surface area (TPSA) is 56.0 Å². The average molecular weight is 328 g/mol. The summed E-state index contributed by atoms with van der Waals surface area (Å²) in [6.45, 7) is 1.71. The minimum atomic E-state index is -0.459. The largest absolute Gasteiger partial charge is 0.339 e. The van der Waals surface area contributed by atoms with Crippen molar-refractivity contribution < 1.29 is 18.1 Å². The van der Waals surface area contributed by atoms with Gasteiger partial charge in [0.15, 0.2) is 5.78 Å². The first-order chi connectivity index (χ1) is 11.5. The monoisotopic (exact) mass is 328 g/mol. The molecule has 1 unspecified atom stereocenters. The molecule has 3 rings (SSSR count). The third kappa shape index (κ3) is 3.53. The zero-order valence-corrected chi connectivity index (χ0v) is 12.9. The van der Waals surface area contributed by atoms with Crippen molar-refractivity contribution in [1.29, 1.82) is 0 Å². The lowest BCUT2D eigenvalue weighted by atomic mass is 9.96. The number of hydrogen-bond acceptors (Lipinski definition) is 4. The van der Waals surface area contributed by atoms with Crippen molar-refractivity contribution in [3.63, 3.8) is 0 Å². The molecule has 6 heteroatoms. The van der Waals surface area contributed by atoms with E-state index in [0.29, 0.717) is 11.1 Å². The number of nitrogens with zero attached hydrogens (tertiary/aromatic N) is 2. The van der Waals surface area contributed by atoms with Crippen LogP contribution in [0.4, 0.5) is 8.78 Å². The Balaban J connectivity index is 1.73. The molecule has 0 saturated heterocycles. The van der Waals surface area contributed by atoms with Crippen molar-refractivity contribution in [2.45, 2.75) is 13.3 Å². The van der Waals surface area contributed by atoms with Crippen molar-refractivity contribution in [2.24, 2.45) is 5.92 Å². The molecule has 2 aromatic carbocycles. The Morgan fingerprint density at radius 3 is 2.54 bits per heavy atom. The first-order valence-corrected chi connectivity index (χ1v) is 7.41. The molecule has 0 saturated carbocycles. The summed E-state index contributed by atoms with van der Waals surface area (Å²) in [6, 6.07) is 11.4. The summed E-state index contributed by atoms with van der Waals surface area (Å²) in [5.41, 5.74) is 0.793. The smallest absolute Gasteiger partial charge is 0.227 e. The van der Waals surface area contributed by atoms with Crippen LogP contribution in [-0.4, -0.2) is 15.9 Å². The molecule has 0 aliphatic heterocycles. The summed E-state index contributed by atoms with van der Waals surface area (Å²) >= 11 is 0. The van der Waals surface area contributed by atoms with Crippen LogP contribution in [0.25, 0.3) is 11.4 Å². The average Bonchev–Trinajstić information content (AvgIpc) is 3.02. The maximum Gasteiger partial charge on any atom is 0.227 e. The molecular formula is C18H14F2N2O2. The van der Waals surface area contributed by atoms with E-state index in [1.165, 1.54) is 30.3 Å². The van der Waals surface area contributed by atoms with Gasteiger partial charge in [-0.15, -0.1) is 0 Å². The van der Waals surface area contributed by atoms with E-state index in [2.05, 4.69) is 10.1 Å². The van der Waals surface area contributed by atoms with Gasteiger partial charge in [-0.1, -0.05) is 36.3 Å². The van der Waals surface area contributed by atoms with E-state index in [-0.39, 0.29) is 23.9 Å². The number of ketones is 1. The Bertz CT molecular complexity index is 877. The standard InChI is InChI=1S/C18H14F2N2O2/c1-11(17(23)12-4-2-6-14(19)9-12)8-16-21-18(22-24-16)13-5-3-7-15(20)10-13/h2-7,9-11H,8H2,1H3. The van der Waals surface area contributed by atoms with E-state index in [0.717, 1.165) is 0 Å². The van der Waals surface area contributed by atoms with Crippen molar-refractivity contribution in [3.8, 4) is 11.4 Å². The Kier molecular flexibility index (Phi) is 4.46. The van der Waals surface area contributed by atoms with E-state index in [1.807, 2.05) is 0 Å². The van der Waals surface area contributed by atoms with E-state index in [4.69, 9.17) is 4.52 Å². The van der Waals surface area contributed by atoms with Gasteiger partial charge in [0.1, 0.15) is 11.6 Å². The lowest BCUT2D eigenvalue weighted by molar-refractivity contribution is 0.0923. The number of carbonyl (C=O) groups excluding carboxylic acids is 1. The summed E-state index contributed by atoms with van der Waals surface area (Å²) in [6.07, 6.45) is 0.220. The molecule has 0 fully saturated rings. The van der Waals surface area contributed by atoms with Gasteiger partial charge in [-0.25, -0.2) is 8.78 Å². The number of rotatable bonds is 5. The SMILES string of the molecule is CC(Cc1nc(-c2cccc(F)c2)no1)C(=O)c1cccc(F)c1. The Morgan fingerprint density at radius 2 is 1.83 bits per heavy atom. The maximum atomic E-state index is 13.2. The van der Waals surface area contributed by atoms with Crippen LogP contribution in [0, 0.1) is 17.6 Å². The zero-order chi connectivity index (χ0) is 17.1. The summed E-state index contributed by atoms with van der Waals surface area (Å²) in [7, 11) is 0. The number of hydrogen-bond donors (Lipinski definition) is 0. The molecular weight excluding hydrogens is 314 g/mol. The van der Waals surface area contributed by atoms with Crippen LogP contribution >= 0.6 is 0 Å². The van der Waals surface area contributed by atoms with Crippen LogP contribution in [0.1, 0.15) is 23.2 Å². The quantitative estimate of drug-likeness (QED) is 0.662. The molecule has 122 valence electrons. The molecule has 3 aromatic rings. The van der Waals surface area contributed by atoms with Gasteiger partial charge in [-0.3, -0.25) is 4.79 Å². The molecule has 0 N–H and O–H groups in total. The normalized spacial score (nSPS) is 12.1. The lowest BCUT2D eigenvalue weighted by Crippen LogP contribution is -2.14. The highest BCUT2D eigenvalue weighted by atomic mass is 19.1. The van der Waals surface area contributed by atoms with Gasteiger partial charge >= 0.3 is 0 Å². The van der Waals surface area contributed by atoms with E-state index in [1.54, 1.807) is 25.1 Å². The second kappa shape index (κ2) is 6.70. The Morgan fingerprint density at radius 1 is 1.12 bits per heavy atom. The van der Waals surface area contributed by atoms with E-state index >= 15 is 0 Å². The fraction of sp³-hybridized carbons (Fsp3) is 0.167. The predicted molar refractivity (Wildman–Crippen MR) is 83.3 cm³/mol. The molecule has 0 bridgehead atoms. The second-order valence-corrected chi connectivity index (χ2v) is 5.50. The zero-order valence-electron chi connectivity index (χ0n) is 12.9.